The average molecular weight is 295 g/mol. The molecule has 0 saturated carbocycles. The minimum absolute atomic E-state index is 0.141. The van der Waals surface area contributed by atoms with Gasteiger partial charge in [-0.25, -0.2) is 0 Å². The monoisotopic (exact) mass is 295 g/mol. The minimum Gasteiger partial charge on any atom is -0.352 e. The third-order valence-electron chi connectivity index (χ3n) is 3.86. The van der Waals surface area contributed by atoms with Crippen LogP contribution in [0.2, 0.25) is 0 Å². The van der Waals surface area contributed by atoms with Crippen LogP contribution in [-0.4, -0.2) is 34.8 Å². The van der Waals surface area contributed by atoms with Crippen molar-refractivity contribution in [1.29, 1.82) is 0 Å². The van der Waals surface area contributed by atoms with Crippen molar-refractivity contribution in [2.75, 3.05) is 13.1 Å². The number of nitrogens with zero attached hydrogens (tertiary/aromatic N) is 2. The highest BCUT2D eigenvalue weighted by Gasteiger charge is 2.35. The molecule has 2 aromatic rings. The fraction of sp³-hybridized carbons (Fsp3) is 0.235. The van der Waals surface area contributed by atoms with E-state index >= 15 is 0 Å². The number of pyridine rings is 1. The number of benzene rings is 1. The Morgan fingerprint density at radius 1 is 1.27 bits per heavy atom. The summed E-state index contributed by atoms with van der Waals surface area (Å²) in [5, 5.41) is 2.85. The van der Waals surface area contributed by atoms with E-state index in [0.29, 0.717) is 18.7 Å². The molecule has 1 aliphatic rings. The fourth-order valence-corrected chi connectivity index (χ4v) is 2.74. The molecule has 1 N–H and O–H groups in total. The standard InChI is InChI=1S/C17H17N3O2/c1-12-5-2-3-7-14(12)15-16(21)19-9-10-20(15)17(22)13-6-4-8-18-11-13/h2-8,11,15H,9-10H2,1H3,(H,19,21). The molecule has 0 aliphatic carbocycles. The molecule has 1 aromatic carbocycles. The second kappa shape index (κ2) is 5.97. The van der Waals surface area contributed by atoms with Crippen LogP contribution in [-0.2, 0) is 4.79 Å². The lowest BCUT2D eigenvalue weighted by Crippen LogP contribution is -2.52. The molecule has 1 saturated heterocycles. The summed E-state index contributed by atoms with van der Waals surface area (Å²) in [4.78, 5) is 30.7. The predicted octanol–water partition coefficient (Wildman–Crippen LogP) is 1.70. The number of carbonyl (C=O) groups excluding carboxylic acids is 2. The van der Waals surface area contributed by atoms with Gasteiger partial charge in [0.2, 0.25) is 5.91 Å². The molecular formula is C17H17N3O2. The number of hydrogen-bond acceptors (Lipinski definition) is 3. The van der Waals surface area contributed by atoms with E-state index < -0.39 is 6.04 Å². The Hall–Kier alpha value is -2.69. The van der Waals surface area contributed by atoms with E-state index in [1.54, 1.807) is 23.2 Å². The molecule has 1 unspecified atom stereocenters. The summed E-state index contributed by atoms with van der Waals surface area (Å²) in [6, 6.07) is 10.5. The van der Waals surface area contributed by atoms with Crippen LogP contribution in [0.15, 0.2) is 48.8 Å². The van der Waals surface area contributed by atoms with Gasteiger partial charge in [-0.3, -0.25) is 14.6 Å². The smallest absolute Gasteiger partial charge is 0.256 e. The van der Waals surface area contributed by atoms with Crippen LogP contribution >= 0.6 is 0 Å². The summed E-state index contributed by atoms with van der Waals surface area (Å²) in [5.41, 5.74) is 2.35. The molecule has 0 bridgehead atoms. The molecule has 1 fully saturated rings. The van der Waals surface area contributed by atoms with E-state index in [9.17, 15) is 9.59 Å². The second-order valence-corrected chi connectivity index (χ2v) is 5.29. The van der Waals surface area contributed by atoms with E-state index in [4.69, 9.17) is 0 Å². The Bertz CT molecular complexity index is 700. The molecular weight excluding hydrogens is 278 g/mol. The Morgan fingerprint density at radius 2 is 2.09 bits per heavy atom. The summed E-state index contributed by atoms with van der Waals surface area (Å²) in [6.07, 6.45) is 3.16. The molecule has 0 spiro atoms. The van der Waals surface area contributed by atoms with Gasteiger partial charge in [-0.05, 0) is 30.2 Å². The zero-order valence-electron chi connectivity index (χ0n) is 12.3. The van der Waals surface area contributed by atoms with Crippen molar-refractivity contribution in [2.24, 2.45) is 0 Å². The van der Waals surface area contributed by atoms with Crippen molar-refractivity contribution in [3.63, 3.8) is 0 Å². The molecule has 1 aromatic heterocycles. The lowest BCUT2D eigenvalue weighted by molar-refractivity contribution is -0.128. The van der Waals surface area contributed by atoms with E-state index in [1.165, 1.54) is 6.20 Å². The quantitative estimate of drug-likeness (QED) is 0.917. The van der Waals surface area contributed by atoms with Crippen molar-refractivity contribution in [3.8, 4) is 0 Å². The third-order valence-corrected chi connectivity index (χ3v) is 3.86. The summed E-state index contributed by atoms with van der Waals surface area (Å²) < 4.78 is 0. The van der Waals surface area contributed by atoms with Crippen LogP contribution in [0, 0.1) is 6.92 Å². The number of hydrogen-bond donors (Lipinski definition) is 1. The summed E-state index contributed by atoms with van der Waals surface area (Å²) in [7, 11) is 0. The van der Waals surface area contributed by atoms with Crippen LogP contribution in [0.3, 0.4) is 0 Å². The summed E-state index contributed by atoms with van der Waals surface area (Å²) in [6.45, 7) is 2.90. The van der Waals surface area contributed by atoms with Crippen molar-refractivity contribution in [1.82, 2.24) is 15.2 Å². The minimum atomic E-state index is -0.595. The highest BCUT2D eigenvalue weighted by atomic mass is 16.2. The van der Waals surface area contributed by atoms with E-state index in [0.717, 1.165) is 11.1 Å². The van der Waals surface area contributed by atoms with Gasteiger partial charge in [-0.15, -0.1) is 0 Å². The lowest BCUT2D eigenvalue weighted by Gasteiger charge is -2.36. The second-order valence-electron chi connectivity index (χ2n) is 5.29. The molecule has 0 radical (unpaired) electrons. The van der Waals surface area contributed by atoms with Gasteiger partial charge in [0.05, 0.1) is 5.56 Å². The first-order valence-electron chi connectivity index (χ1n) is 7.22. The first kappa shape index (κ1) is 14.3. The van der Waals surface area contributed by atoms with Crippen LogP contribution in [0.4, 0.5) is 0 Å². The summed E-state index contributed by atoms with van der Waals surface area (Å²) >= 11 is 0. The first-order chi connectivity index (χ1) is 10.7. The highest BCUT2D eigenvalue weighted by Crippen LogP contribution is 2.27. The van der Waals surface area contributed by atoms with Gasteiger partial charge in [0.1, 0.15) is 6.04 Å². The number of amides is 2. The number of rotatable bonds is 2. The van der Waals surface area contributed by atoms with Crippen LogP contribution < -0.4 is 5.32 Å². The van der Waals surface area contributed by atoms with Crippen LogP contribution in [0.1, 0.15) is 27.5 Å². The number of aryl methyl sites for hydroxylation is 1. The maximum absolute atomic E-state index is 12.7. The number of carbonyl (C=O) groups is 2. The third kappa shape index (κ3) is 2.57. The van der Waals surface area contributed by atoms with Gasteiger partial charge in [0, 0.05) is 25.5 Å². The SMILES string of the molecule is Cc1ccccc1C1C(=O)NCCN1C(=O)c1cccnc1. The van der Waals surface area contributed by atoms with Crippen molar-refractivity contribution >= 4 is 11.8 Å². The van der Waals surface area contributed by atoms with Crippen molar-refractivity contribution in [3.05, 3.63) is 65.5 Å². The van der Waals surface area contributed by atoms with Gasteiger partial charge < -0.3 is 10.2 Å². The Labute approximate surface area is 129 Å². The number of piperazine rings is 1. The molecule has 22 heavy (non-hydrogen) atoms. The molecule has 1 aliphatic heterocycles. The Morgan fingerprint density at radius 3 is 2.82 bits per heavy atom. The molecule has 2 amide bonds. The fourth-order valence-electron chi connectivity index (χ4n) is 2.74. The average Bonchev–Trinajstić information content (AvgIpc) is 2.56. The Balaban J connectivity index is 1.99. The molecule has 1 atom stereocenters. The van der Waals surface area contributed by atoms with E-state index in [2.05, 4.69) is 10.3 Å². The van der Waals surface area contributed by atoms with Gasteiger partial charge in [0.25, 0.3) is 5.91 Å². The number of nitrogens with one attached hydrogen (secondary N) is 1. The molecule has 3 rings (SSSR count). The highest BCUT2D eigenvalue weighted by molar-refractivity contribution is 5.98. The van der Waals surface area contributed by atoms with Crippen molar-refractivity contribution < 1.29 is 9.59 Å². The predicted molar refractivity (Wildman–Crippen MR) is 82.2 cm³/mol. The molecule has 5 nitrogen and oxygen atoms in total. The maximum Gasteiger partial charge on any atom is 0.256 e. The zero-order chi connectivity index (χ0) is 15.5. The van der Waals surface area contributed by atoms with Crippen LogP contribution in [0.5, 0.6) is 0 Å². The van der Waals surface area contributed by atoms with E-state index in [-0.39, 0.29) is 11.8 Å². The Kier molecular flexibility index (Phi) is 3.87. The van der Waals surface area contributed by atoms with E-state index in [1.807, 2.05) is 31.2 Å². The van der Waals surface area contributed by atoms with Crippen LogP contribution in [0.25, 0.3) is 0 Å². The molecule has 5 heteroatoms. The summed E-state index contributed by atoms with van der Waals surface area (Å²) in [5.74, 6) is -0.311. The maximum atomic E-state index is 12.7. The molecule has 2 heterocycles. The zero-order valence-corrected chi connectivity index (χ0v) is 12.3. The lowest BCUT2D eigenvalue weighted by atomic mass is 9.97. The largest absolute Gasteiger partial charge is 0.352 e. The number of aromatic nitrogens is 1. The van der Waals surface area contributed by atoms with Crippen molar-refractivity contribution in [2.45, 2.75) is 13.0 Å². The topological polar surface area (TPSA) is 62.3 Å². The first-order valence-corrected chi connectivity index (χ1v) is 7.22. The van der Waals surface area contributed by atoms with Gasteiger partial charge in [-0.2, -0.15) is 0 Å². The van der Waals surface area contributed by atoms with Gasteiger partial charge >= 0.3 is 0 Å². The van der Waals surface area contributed by atoms with Gasteiger partial charge in [0.15, 0.2) is 0 Å². The molecule has 112 valence electrons. The normalized spacial score (nSPS) is 18.0. The van der Waals surface area contributed by atoms with Gasteiger partial charge in [-0.1, -0.05) is 24.3 Å².